The highest BCUT2D eigenvalue weighted by Gasteiger charge is 2.17. The second-order valence-electron chi connectivity index (χ2n) is 7.86. The lowest BCUT2D eigenvalue weighted by atomic mass is 10.1. The summed E-state index contributed by atoms with van der Waals surface area (Å²) in [6.07, 6.45) is 3.71. The van der Waals surface area contributed by atoms with Crippen LogP contribution in [0.25, 0.3) is 16.5 Å². The number of halogens is 3. The van der Waals surface area contributed by atoms with E-state index in [-0.39, 0.29) is 16.9 Å². The third kappa shape index (κ3) is 4.68. The molecule has 0 bridgehead atoms. The molecule has 0 fully saturated rings. The minimum Gasteiger partial charge on any atom is -0.373 e. The molecule has 0 saturated carbocycles. The van der Waals surface area contributed by atoms with Crippen molar-refractivity contribution in [1.82, 2.24) is 9.55 Å². The SMILES string of the molecule is CCc1c(=O)n(-c2cc(NC(=O)Nc3ccc(F)cc3F)c(F)cc2C)cc2cnc(NC)cc12. The molecule has 180 valence electrons. The maximum Gasteiger partial charge on any atom is 0.323 e. The van der Waals surface area contributed by atoms with Gasteiger partial charge in [0.2, 0.25) is 0 Å². The van der Waals surface area contributed by atoms with Crippen LogP contribution >= 0.6 is 0 Å². The molecule has 2 aromatic carbocycles. The summed E-state index contributed by atoms with van der Waals surface area (Å²) >= 11 is 0. The number of nitrogens with zero attached hydrogens (tertiary/aromatic N) is 2. The third-order valence-electron chi connectivity index (χ3n) is 5.59. The highest BCUT2D eigenvalue weighted by molar-refractivity contribution is 6.00. The smallest absolute Gasteiger partial charge is 0.323 e. The fraction of sp³-hybridized carbons (Fsp3) is 0.160. The summed E-state index contributed by atoms with van der Waals surface area (Å²) in [5.74, 6) is -1.90. The van der Waals surface area contributed by atoms with Crippen molar-refractivity contribution in [2.24, 2.45) is 0 Å². The Balaban J connectivity index is 1.74. The maximum absolute atomic E-state index is 14.7. The van der Waals surface area contributed by atoms with E-state index in [2.05, 4.69) is 20.9 Å². The first-order valence-corrected chi connectivity index (χ1v) is 10.8. The van der Waals surface area contributed by atoms with Crippen LogP contribution in [0.1, 0.15) is 18.1 Å². The van der Waals surface area contributed by atoms with E-state index in [0.717, 1.165) is 17.5 Å². The first kappa shape index (κ1) is 23.8. The van der Waals surface area contributed by atoms with Crippen molar-refractivity contribution < 1.29 is 18.0 Å². The summed E-state index contributed by atoms with van der Waals surface area (Å²) in [5, 5.41) is 8.95. The zero-order chi connectivity index (χ0) is 25.3. The van der Waals surface area contributed by atoms with E-state index in [1.165, 1.54) is 16.7 Å². The molecule has 10 heteroatoms. The van der Waals surface area contributed by atoms with Gasteiger partial charge in [-0.3, -0.25) is 9.36 Å². The number of aryl methyl sites for hydroxylation is 2. The molecule has 4 aromatic rings. The number of amides is 2. The predicted molar refractivity (Wildman–Crippen MR) is 130 cm³/mol. The summed E-state index contributed by atoms with van der Waals surface area (Å²) in [7, 11) is 1.73. The second-order valence-corrected chi connectivity index (χ2v) is 7.86. The number of urea groups is 1. The van der Waals surface area contributed by atoms with Crippen LogP contribution in [0.5, 0.6) is 0 Å². The van der Waals surface area contributed by atoms with Gasteiger partial charge in [0.1, 0.15) is 23.3 Å². The number of rotatable bonds is 5. The maximum atomic E-state index is 14.7. The van der Waals surface area contributed by atoms with Gasteiger partial charge < -0.3 is 16.0 Å². The summed E-state index contributed by atoms with van der Waals surface area (Å²) in [6, 6.07) is 6.02. The molecule has 0 aliphatic heterocycles. The largest absolute Gasteiger partial charge is 0.373 e. The molecule has 35 heavy (non-hydrogen) atoms. The minimum absolute atomic E-state index is 0.223. The first-order valence-electron chi connectivity index (χ1n) is 10.8. The number of aromatic nitrogens is 2. The van der Waals surface area contributed by atoms with Gasteiger partial charge in [0.05, 0.1) is 17.1 Å². The summed E-state index contributed by atoms with van der Waals surface area (Å²) < 4.78 is 43.0. The molecule has 0 aliphatic carbocycles. The van der Waals surface area contributed by atoms with Crippen LogP contribution in [-0.2, 0) is 6.42 Å². The van der Waals surface area contributed by atoms with Gasteiger partial charge in [-0.15, -0.1) is 0 Å². The van der Waals surface area contributed by atoms with Gasteiger partial charge in [0, 0.05) is 36.5 Å². The molecule has 0 unspecified atom stereocenters. The number of carbonyl (C=O) groups is 1. The van der Waals surface area contributed by atoms with Crippen LogP contribution in [0.4, 0.5) is 35.2 Å². The molecule has 3 N–H and O–H groups in total. The zero-order valence-electron chi connectivity index (χ0n) is 19.2. The Hall–Kier alpha value is -4.34. The molecule has 0 atom stereocenters. The van der Waals surface area contributed by atoms with E-state index < -0.39 is 23.5 Å². The van der Waals surface area contributed by atoms with Gasteiger partial charge in [-0.05, 0) is 54.6 Å². The van der Waals surface area contributed by atoms with Gasteiger partial charge in [0.25, 0.3) is 5.56 Å². The summed E-state index contributed by atoms with van der Waals surface area (Å²) in [6.45, 7) is 3.50. The molecular formula is C25H22F3N5O2. The van der Waals surface area contributed by atoms with Crippen LogP contribution in [0.3, 0.4) is 0 Å². The number of benzene rings is 2. The van der Waals surface area contributed by atoms with Crippen molar-refractivity contribution in [3.05, 3.63) is 87.7 Å². The fourth-order valence-corrected chi connectivity index (χ4v) is 3.83. The van der Waals surface area contributed by atoms with Gasteiger partial charge in [-0.25, -0.2) is 22.9 Å². The molecule has 2 aromatic heterocycles. The van der Waals surface area contributed by atoms with E-state index in [1.807, 2.05) is 6.92 Å². The number of hydrogen-bond acceptors (Lipinski definition) is 4. The highest BCUT2D eigenvalue weighted by Crippen LogP contribution is 2.26. The molecule has 0 aliphatic rings. The lowest BCUT2D eigenvalue weighted by Gasteiger charge is -2.16. The topological polar surface area (TPSA) is 88.1 Å². The molecule has 2 amide bonds. The number of nitrogens with one attached hydrogen (secondary N) is 3. The Kier molecular flexibility index (Phi) is 6.46. The average molecular weight is 481 g/mol. The fourth-order valence-electron chi connectivity index (χ4n) is 3.83. The number of carbonyl (C=O) groups excluding carboxylic acids is 1. The van der Waals surface area contributed by atoms with Crippen molar-refractivity contribution in [3.63, 3.8) is 0 Å². The van der Waals surface area contributed by atoms with E-state index in [9.17, 15) is 22.8 Å². The van der Waals surface area contributed by atoms with E-state index in [4.69, 9.17) is 0 Å². The summed E-state index contributed by atoms with van der Waals surface area (Å²) in [4.78, 5) is 30.0. The van der Waals surface area contributed by atoms with E-state index in [1.54, 1.807) is 32.4 Å². The Morgan fingerprint density at radius 2 is 1.74 bits per heavy atom. The molecule has 0 radical (unpaired) electrons. The Labute approximate surface area is 198 Å². The van der Waals surface area contributed by atoms with Crippen molar-refractivity contribution in [2.45, 2.75) is 20.3 Å². The predicted octanol–water partition coefficient (Wildman–Crippen LogP) is 5.36. The van der Waals surface area contributed by atoms with E-state index >= 15 is 0 Å². The van der Waals surface area contributed by atoms with Crippen LogP contribution in [-0.4, -0.2) is 22.6 Å². The van der Waals surface area contributed by atoms with Gasteiger partial charge in [-0.1, -0.05) is 6.92 Å². The van der Waals surface area contributed by atoms with Crippen LogP contribution in [0.15, 0.2) is 53.6 Å². The minimum atomic E-state index is -0.977. The van der Waals surface area contributed by atoms with Gasteiger partial charge in [0.15, 0.2) is 0 Å². The number of pyridine rings is 2. The van der Waals surface area contributed by atoms with Crippen molar-refractivity contribution >= 4 is 34.0 Å². The van der Waals surface area contributed by atoms with Crippen molar-refractivity contribution in [1.29, 1.82) is 0 Å². The standard InChI is InChI=1S/C25H22F3N5O2/c1-4-16-17-9-23(29-3)30-11-14(17)12-33(24(16)34)22-10-21(18(27)7-13(22)2)32-25(35)31-20-6-5-15(26)8-19(20)28/h5-12,29H,4H2,1-3H3,(H2,31,32,35). The molecule has 0 saturated heterocycles. The van der Waals surface area contributed by atoms with Crippen molar-refractivity contribution in [2.75, 3.05) is 23.0 Å². The number of anilines is 3. The molecule has 7 nitrogen and oxygen atoms in total. The number of hydrogen-bond donors (Lipinski definition) is 3. The number of fused-ring (bicyclic) bond motifs is 1. The molecular weight excluding hydrogens is 459 g/mol. The zero-order valence-corrected chi connectivity index (χ0v) is 19.2. The Morgan fingerprint density at radius 1 is 1.03 bits per heavy atom. The Bertz CT molecular complexity index is 1520. The van der Waals surface area contributed by atoms with E-state index in [0.29, 0.717) is 40.5 Å². The van der Waals surface area contributed by atoms with Crippen LogP contribution < -0.4 is 21.5 Å². The highest BCUT2D eigenvalue weighted by atomic mass is 19.1. The normalized spacial score (nSPS) is 10.9. The first-order chi connectivity index (χ1) is 16.7. The Morgan fingerprint density at radius 3 is 2.43 bits per heavy atom. The summed E-state index contributed by atoms with van der Waals surface area (Å²) in [5.41, 5.74) is 0.592. The molecule has 4 rings (SSSR count). The molecule has 2 heterocycles. The second kappa shape index (κ2) is 9.49. The quantitative estimate of drug-likeness (QED) is 0.358. The van der Waals surface area contributed by atoms with Crippen LogP contribution in [0.2, 0.25) is 0 Å². The van der Waals surface area contributed by atoms with Gasteiger partial charge in [-0.2, -0.15) is 0 Å². The van der Waals surface area contributed by atoms with Gasteiger partial charge >= 0.3 is 6.03 Å². The van der Waals surface area contributed by atoms with Crippen molar-refractivity contribution in [3.8, 4) is 5.69 Å². The third-order valence-corrected chi connectivity index (χ3v) is 5.59. The monoisotopic (exact) mass is 481 g/mol. The lowest BCUT2D eigenvalue weighted by molar-refractivity contribution is 0.262. The average Bonchev–Trinajstić information content (AvgIpc) is 2.82. The van der Waals surface area contributed by atoms with Crippen LogP contribution in [0, 0.1) is 24.4 Å². The lowest BCUT2D eigenvalue weighted by Crippen LogP contribution is -2.24. The molecule has 0 spiro atoms.